The molecule has 0 N–H and O–H groups in total. The topological polar surface area (TPSA) is 88.4 Å². The number of ether oxygens (including phenoxy) is 3. The van der Waals surface area contributed by atoms with Crippen molar-refractivity contribution in [1.29, 1.82) is 0 Å². The summed E-state index contributed by atoms with van der Waals surface area (Å²) in [6, 6.07) is 11.0. The number of benzene rings is 1. The molecule has 5 rings (SSSR count). The van der Waals surface area contributed by atoms with Crippen molar-refractivity contribution in [2.24, 2.45) is 0 Å². The summed E-state index contributed by atoms with van der Waals surface area (Å²) in [6.45, 7) is 0.410. The van der Waals surface area contributed by atoms with Crippen molar-refractivity contribution >= 4 is 39.5 Å². The van der Waals surface area contributed by atoms with E-state index < -0.39 is 5.97 Å². The van der Waals surface area contributed by atoms with Crippen molar-refractivity contribution in [2.75, 3.05) is 13.7 Å². The van der Waals surface area contributed by atoms with E-state index >= 15 is 0 Å². The SMILES string of the molecule is COC(=O)c1ccc2ccc(OCC3CCC(n4ccc5c(Cl)ncnc54)O3)cc2n1. The maximum absolute atomic E-state index is 11.7. The molecule has 31 heavy (non-hydrogen) atoms. The largest absolute Gasteiger partial charge is 0.491 e. The van der Waals surface area contributed by atoms with E-state index in [9.17, 15) is 4.79 Å². The second-order valence-corrected chi connectivity index (χ2v) is 7.63. The first kappa shape index (κ1) is 19.7. The molecule has 1 fully saturated rings. The standard InChI is InChI=1S/C22H19ClN4O4/c1-29-22(28)17-6-3-13-2-4-14(10-18(13)26-17)30-11-15-5-7-19(31-15)27-9-8-16-20(23)24-12-25-21(16)27/h2-4,6,8-10,12,15,19H,5,7,11H2,1H3. The number of hydrogen-bond donors (Lipinski definition) is 0. The van der Waals surface area contributed by atoms with Gasteiger partial charge in [0.15, 0.2) is 0 Å². The van der Waals surface area contributed by atoms with Crippen LogP contribution in [0.4, 0.5) is 0 Å². The Balaban J connectivity index is 1.26. The molecule has 0 saturated carbocycles. The van der Waals surface area contributed by atoms with Gasteiger partial charge in [-0.15, -0.1) is 0 Å². The molecular formula is C22H19ClN4O4. The molecule has 3 aromatic heterocycles. The molecule has 1 aliphatic rings. The first-order valence-corrected chi connectivity index (χ1v) is 10.2. The lowest BCUT2D eigenvalue weighted by atomic mass is 10.2. The van der Waals surface area contributed by atoms with Crippen molar-refractivity contribution in [1.82, 2.24) is 19.5 Å². The molecule has 1 aromatic carbocycles. The Bertz CT molecular complexity index is 1280. The predicted molar refractivity (Wildman–Crippen MR) is 114 cm³/mol. The van der Waals surface area contributed by atoms with Gasteiger partial charge in [-0.05, 0) is 37.1 Å². The number of fused-ring (bicyclic) bond motifs is 2. The van der Waals surface area contributed by atoms with Gasteiger partial charge in [0, 0.05) is 17.6 Å². The number of carbonyl (C=O) groups is 1. The van der Waals surface area contributed by atoms with Crippen LogP contribution in [0.3, 0.4) is 0 Å². The fourth-order valence-electron chi connectivity index (χ4n) is 3.78. The molecule has 0 radical (unpaired) electrons. The number of hydrogen-bond acceptors (Lipinski definition) is 7. The molecule has 4 aromatic rings. The van der Waals surface area contributed by atoms with Gasteiger partial charge in [0.25, 0.3) is 0 Å². The summed E-state index contributed by atoms with van der Waals surface area (Å²) in [5, 5.41) is 2.15. The van der Waals surface area contributed by atoms with Crippen LogP contribution in [0.25, 0.3) is 21.9 Å². The van der Waals surface area contributed by atoms with Gasteiger partial charge in [-0.2, -0.15) is 0 Å². The average molecular weight is 439 g/mol. The molecule has 2 unspecified atom stereocenters. The minimum absolute atomic E-state index is 0.0511. The van der Waals surface area contributed by atoms with Crippen LogP contribution in [0.15, 0.2) is 48.9 Å². The van der Waals surface area contributed by atoms with Gasteiger partial charge < -0.3 is 18.8 Å². The molecular weight excluding hydrogens is 420 g/mol. The summed E-state index contributed by atoms with van der Waals surface area (Å²) >= 11 is 6.14. The van der Waals surface area contributed by atoms with Crippen LogP contribution in [0.5, 0.6) is 5.75 Å². The minimum atomic E-state index is -0.470. The molecule has 0 spiro atoms. The Morgan fingerprint density at radius 3 is 2.97 bits per heavy atom. The lowest BCUT2D eigenvalue weighted by molar-refractivity contribution is -0.0156. The number of aromatic nitrogens is 4. The molecule has 0 amide bonds. The van der Waals surface area contributed by atoms with E-state index in [0.717, 1.165) is 29.3 Å². The Morgan fingerprint density at radius 1 is 1.23 bits per heavy atom. The highest BCUT2D eigenvalue weighted by Crippen LogP contribution is 2.32. The van der Waals surface area contributed by atoms with Crippen LogP contribution in [-0.2, 0) is 9.47 Å². The third-order valence-electron chi connectivity index (χ3n) is 5.35. The summed E-state index contributed by atoms with van der Waals surface area (Å²) in [7, 11) is 1.33. The Labute approximate surface area is 182 Å². The number of rotatable bonds is 5. The molecule has 158 valence electrons. The van der Waals surface area contributed by atoms with Gasteiger partial charge in [-0.1, -0.05) is 17.7 Å². The molecule has 9 heteroatoms. The summed E-state index contributed by atoms with van der Waals surface area (Å²) in [4.78, 5) is 24.4. The van der Waals surface area contributed by atoms with Gasteiger partial charge in [0.05, 0.1) is 24.1 Å². The normalized spacial score (nSPS) is 18.5. The smallest absolute Gasteiger partial charge is 0.356 e. The number of esters is 1. The van der Waals surface area contributed by atoms with E-state index in [0.29, 0.717) is 23.0 Å². The fraction of sp³-hybridized carbons (Fsp3) is 0.273. The van der Waals surface area contributed by atoms with Crippen LogP contribution in [0, 0.1) is 0 Å². The summed E-state index contributed by atoms with van der Waals surface area (Å²) in [5.74, 6) is 0.197. The maximum Gasteiger partial charge on any atom is 0.356 e. The van der Waals surface area contributed by atoms with E-state index in [4.69, 9.17) is 25.8 Å². The van der Waals surface area contributed by atoms with Gasteiger partial charge in [0.2, 0.25) is 0 Å². The van der Waals surface area contributed by atoms with Crippen LogP contribution >= 0.6 is 11.6 Å². The zero-order valence-electron chi connectivity index (χ0n) is 16.7. The van der Waals surface area contributed by atoms with E-state index in [-0.39, 0.29) is 18.0 Å². The molecule has 0 aliphatic carbocycles. The zero-order chi connectivity index (χ0) is 21.4. The second-order valence-electron chi connectivity index (χ2n) is 7.27. The highest BCUT2D eigenvalue weighted by Gasteiger charge is 2.28. The Morgan fingerprint density at radius 2 is 2.10 bits per heavy atom. The van der Waals surface area contributed by atoms with E-state index in [2.05, 4.69) is 15.0 Å². The van der Waals surface area contributed by atoms with Gasteiger partial charge in [-0.3, -0.25) is 0 Å². The fourth-order valence-corrected chi connectivity index (χ4v) is 3.97. The summed E-state index contributed by atoms with van der Waals surface area (Å²) < 4.78 is 18.9. The molecule has 0 bridgehead atoms. The zero-order valence-corrected chi connectivity index (χ0v) is 17.5. The lowest BCUT2D eigenvalue weighted by Crippen LogP contribution is -2.18. The monoisotopic (exact) mass is 438 g/mol. The third-order valence-corrected chi connectivity index (χ3v) is 5.65. The summed E-state index contributed by atoms with van der Waals surface area (Å²) in [6.07, 6.45) is 4.91. The molecule has 2 atom stereocenters. The lowest BCUT2D eigenvalue weighted by Gasteiger charge is -2.16. The highest BCUT2D eigenvalue weighted by atomic mass is 35.5. The van der Waals surface area contributed by atoms with Crippen molar-refractivity contribution in [3.63, 3.8) is 0 Å². The number of carbonyl (C=O) groups excluding carboxylic acids is 1. The second kappa shape index (κ2) is 8.13. The Hall–Kier alpha value is -3.23. The quantitative estimate of drug-likeness (QED) is 0.341. The summed E-state index contributed by atoms with van der Waals surface area (Å²) in [5.41, 5.74) is 1.69. The van der Waals surface area contributed by atoms with Gasteiger partial charge >= 0.3 is 5.97 Å². The average Bonchev–Trinajstić information content (AvgIpc) is 3.44. The van der Waals surface area contributed by atoms with E-state index in [1.54, 1.807) is 6.07 Å². The van der Waals surface area contributed by atoms with Crippen molar-refractivity contribution in [2.45, 2.75) is 25.2 Å². The van der Waals surface area contributed by atoms with Crippen LogP contribution in [0.2, 0.25) is 5.15 Å². The number of methoxy groups -OCH3 is 1. The highest BCUT2D eigenvalue weighted by molar-refractivity contribution is 6.33. The molecule has 1 saturated heterocycles. The van der Waals surface area contributed by atoms with E-state index in [1.807, 2.05) is 41.1 Å². The number of pyridine rings is 1. The molecule has 4 heterocycles. The predicted octanol–water partition coefficient (Wildman–Crippen LogP) is 4.18. The first-order valence-electron chi connectivity index (χ1n) is 9.87. The van der Waals surface area contributed by atoms with Crippen molar-refractivity contribution < 1.29 is 19.0 Å². The van der Waals surface area contributed by atoms with Crippen LogP contribution in [0.1, 0.15) is 29.6 Å². The van der Waals surface area contributed by atoms with E-state index in [1.165, 1.54) is 13.4 Å². The number of nitrogens with zero attached hydrogens (tertiary/aromatic N) is 4. The molecule has 1 aliphatic heterocycles. The van der Waals surface area contributed by atoms with Gasteiger partial charge in [0.1, 0.15) is 41.4 Å². The van der Waals surface area contributed by atoms with Crippen molar-refractivity contribution in [3.8, 4) is 5.75 Å². The molecule has 8 nitrogen and oxygen atoms in total. The first-order chi connectivity index (χ1) is 15.1. The minimum Gasteiger partial charge on any atom is -0.491 e. The van der Waals surface area contributed by atoms with Crippen LogP contribution in [-0.4, -0.2) is 45.3 Å². The Kier molecular flexibility index (Phi) is 5.17. The maximum atomic E-state index is 11.7. The third kappa shape index (κ3) is 3.80. The van der Waals surface area contributed by atoms with Crippen molar-refractivity contribution in [3.05, 3.63) is 59.8 Å². The number of halogens is 1. The van der Waals surface area contributed by atoms with Gasteiger partial charge in [-0.25, -0.2) is 19.7 Å². The van der Waals surface area contributed by atoms with Crippen LogP contribution < -0.4 is 4.74 Å².